The number of hydrogen-bond acceptors (Lipinski definition) is 5. The van der Waals surface area contributed by atoms with Crippen LogP contribution in [0.25, 0.3) is 44.8 Å². The molecule has 230 valence electrons. The molecule has 3 atom stereocenters. The second-order valence-corrected chi connectivity index (χ2v) is 13.2. The maximum Gasteiger partial charge on any atom is 0.254 e. The van der Waals surface area contributed by atoms with Crippen molar-refractivity contribution in [2.24, 2.45) is 24.8 Å². The number of nitrogens with zero attached hydrogens (tertiary/aromatic N) is 5. The van der Waals surface area contributed by atoms with Crippen LogP contribution in [0.2, 0.25) is 0 Å². The molecular weight excluding hydrogens is 564 g/mol. The summed E-state index contributed by atoms with van der Waals surface area (Å²) in [6.45, 7) is 5.50. The van der Waals surface area contributed by atoms with Crippen molar-refractivity contribution >= 4 is 39.6 Å². The Morgan fingerprint density at radius 2 is 1.80 bits per heavy atom. The number of fused-ring (bicyclic) bond motifs is 4. The molecule has 3 aliphatic rings. The van der Waals surface area contributed by atoms with Crippen LogP contribution in [0.15, 0.2) is 54.6 Å². The molecule has 0 spiro atoms. The molecule has 3 aromatic heterocycles. The first-order valence-electron chi connectivity index (χ1n) is 16.0. The van der Waals surface area contributed by atoms with Gasteiger partial charge in [-0.15, -0.1) is 0 Å². The van der Waals surface area contributed by atoms with E-state index in [1.54, 1.807) is 7.11 Å². The number of piperidine rings is 1. The van der Waals surface area contributed by atoms with Crippen LogP contribution in [0, 0.1) is 17.8 Å². The molecule has 3 fully saturated rings. The van der Waals surface area contributed by atoms with Crippen molar-refractivity contribution in [1.82, 2.24) is 24.0 Å². The minimum Gasteiger partial charge on any atom is -0.494 e. The number of aromatic nitrogens is 4. The average molecular weight is 603 g/mol. The summed E-state index contributed by atoms with van der Waals surface area (Å²) in [6, 6.07) is 18.3. The Balaban J connectivity index is 1.20. The molecular formula is C36H38N6O3. The lowest BCUT2D eigenvalue weighted by molar-refractivity contribution is -0.114. The minimum absolute atomic E-state index is 0.0751. The SMILES string of the molecule is COc1cc(C(=O)N2CC3CCC2[C@@H]3C)cc2nc(-c3cc4ccc(-c5ccc(NC(C)=O)cc5)nc4n3CC3CC3)n(C)c12. The summed E-state index contributed by atoms with van der Waals surface area (Å²) in [5.74, 6) is 3.25. The number of imidazole rings is 1. The first kappa shape index (κ1) is 27.9. The Labute approximate surface area is 262 Å². The number of ether oxygens (including phenoxy) is 1. The van der Waals surface area contributed by atoms with Crippen LogP contribution >= 0.6 is 0 Å². The number of hydrogen-bond donors (Lipinski definition) is 1. The third-order valence-electron chi connectivity index (χ3n) is 10.3. The smallest absolute Gasteiger partial charge is 0.254 e. The number of nitrogens with one attached hydrogen (secondary N) is 1. The van der Waals surface area contributed by atoms with E-state index in [9.17, 15) is 9.59 Å². The topological polar surface area (TPSA) is 94.3 Å². The number of likely N-dealkylation sites (tertiary alicyclic amines) is 1. The fourth-order valence-electron chi connectivity index (χ4n) is 7.67. The Kier molecular flexibility index (Phi) is 6.48. The maximum absolute atomic E-state index is 13.8. The molecule has 0 radical (unpaired) electrons. The van der Waals surface area contributed by atoms with Gasteiger partial charge in [0.15, 0.2) is 5.82 Å². The van der Waals surface area contributed by atoms with E-state index in [2.05, 4.69) is 38.4 Å². The third kappa shape index (κ3) is 4.67. The second-order valence-electron chi connectivity index (χ2n) is 13.2. The predicted molar refractivity (Wildman–Crippen MR) is 175 cm³/mol. The normalized spacial score (nSPS) is 20.8. The molecule has 45 heavy (non-hydrogen) atoms. The fraction of sp³-hybridized carbons (Fsp3) is 0.389. The van der Waals surface area contributed by atoms with Crippen LogP contribution < -0.4 is 10.1 Å². The summed E-state index contributed by atoms with van der Waals surface area (Å²) in [5, 5.41) is 3.88. The number of benzene rings is 2. The molecule has 2 aliphatic carbocycles. The molecule has 1 saturated heterocycles. The Morgan fingerprint density at radius 1 is 1.00 bits per heavy atom. The number of pyridine rings is 1. The van der Waals surface area contributed by atoms with Crippen LogP contribution in [0.1, 0.15) is 49.9 Å². The monoisotopic (exact) mass is 602 g/mol. The zero-order valence-corrected chi connectivity index (χ0v) is 26.2. The van der Waals surface area contributed by atoms with Gasteiger partial charge in [0.1, 0.15) is 16.9 Å². The molecule has 5 aromatic rings. The largest absolute Gasteiger partial charge is 0.494 e. The van der Waals surface area contributed by atoms with Gasteiger partial charge in [0.25, 0.3) is 5.91 Å². The highest BCUT2D eigenvalue weighted by Gasteiger charge is 2.46. The lowest BCUT2D eigenvalue weighted by atomic mass is 10.0. The van der Waals surface area contributed by atoms with E-state index in [1.165, 1.54) is 26.2 Å². The predicted octanol–water partition coefficient (Wildman–Crippen LogP) is 6.50. The van der Waals surface area contributed by atoms with Crippen LogP contribution in [-0.2, 0) is 18.4 Å². The summed E-state index contributed by atoms with van der Waals surface area (Å²) in [7, 11) is 3.68. The van der Waals surface area contributed by atoms with Crippen molar-refractivity contribution in [2.45, 2.75) is 52.1 Å². The molecule has 9 nitrogen and oxygen atoms in total. The lowest BCUT2D eigenvalue weighted by Crippen LogP contribution is -2.38. The molecule has 1 aliphatic heterocycles. The van der Waals surface area contributed by atoms with Crippen LogP contribution in [-0.4, -0.2) is 55.5 Å². The molecule has 2 unspecified atom stereocenters. The van der Waals surface area contributed by atoms with Gasteiger partial charge in [-0.25, -0.2) is 9.97 Å². The quantitative estimate of drug-likeness (QED) is 0.229. The summed E-state index contributed by atoms with van der Waals surface area (Å²) < 4.78 is 10.3. The van der Waals surface area contributed by atoms with Crippen LogP contribution in [0.4, 0.5) is 5.69 Å². The Bertz CT molecular complexity index is 1990. The highest BCUT2D eigenvalue weighted by Crippen LogP contribution is 2.44. The van der Waals surface area contributed by atoms with Gasteiger partial charge in [-0.3, -0.25) is 9.59 Å². The maximum atomic E-state index is 13.8. The van der Waals surface area contributed by atoms with Gasteiger partial charge in [0.2, 0.25) is 5.91 Å². The Hall–Kier alpha value is -4.66. The first-order chi connectivity index (χ1) is 21.8. The molecule has 2 amide bonds. The van der Waals surface area contributed by atoms with Crippen molar-refractivity contribution < 1.29 is 14.3 Å². The first-order valence-corrected chi connectivity index (χ1v) is 16.0. The van der Waals surface area contributed by atoms with Gasteiger partial charge in [-0.2, -0.15) is 0 Å². The number of methoxy groups -OCH3 is 1. The van der Waals surface area contributed by atoms with Crippen LogP contribution in [0.5, 0.6) is 5.75 Å². The van der Waals surface area contributed by atoms with Crippen molar-refractivity contribution in [2.75, 3.05) is 19.0 Å². The summed E-state index contributed by atoms with van der Waals surface area (Å²) in [6.07, 6.45) is 4.73. The highest BCUT2D eigenvalue weighted by atomic mass is 16.5. The highest BCUT2D eigenvalue weighted by molar-refractivity contribution is 6.00. The molecule has 2 saturated carbocycles. The lowest BCUT2D eigenvalue weighted by Gasteiger charge is -2.27. The minimum atomic E-state index is -0.0943. The van der Waals surface area contributed by atoms with Gasteiger partial charge in [0, 0.05) is 55.3 Å². The van der Waals surface area contributed by atoms with E-state index < -0.39 is 0 Å². The van der Waals surface area contributed by atoms with Crippen molar-refractivity contribution in [3.63, 3.8) is 0 Å². The van der Waals surface area contributed by atoms with E-state index in [1.807, 2.05) is 49.5 Å². The van der Waals surface area contributed by atoms with Crippen LogP contribution in [0.3, 0.4) is 0 Å². The van der Waals surface area contributed by atoms with E-state index in [0.29, 0.717) is 35.1 Å². The van der Waals surface area contributed by atoms with Gasteiger partial charge >= 0.3 is 0 Å². The summed E-state index contributed by atoms with van der Waals surface area (Å²) in [4.78, 5) is 37.6. The fourth-order valence-corrected chi connectivity index (χ4v) is 7.67. The number of carbonyl (C=O) groups excluding carboxylic acids is 2. The molecule has 1 N–H and O–H groups in total. The van der Waals surface area contributed by atoms with Gasteiger partial charge in [-0.1, -0.05) is 19.1 Å². The zero-order valence-electron chi connectivity index (χ0n) is 26.2. The second kappa shape index (κ2) is 10.5. The zero-order chi connectivity index (χ0) is 31.0. The molecule has 2 aromatic carbocycles. The third-order valence-corrected chi connectivity index (χ3v) is 10.3. The average Bonchev–Trinajstić information content (AvgIpc) is 3.44. The number of aryl methyl sites for hydroxylation is 1. The molecule has 2 bridgehead atoms. The number of anilines is 1. The number of rotatable bonds is 7. The summed E-state index contributed by atoms with van der Waals surface area (Å²) in [5.41, 5.74) is 6.81. The molecule has 4 heterocycles. The van der Waals surface area contributed by atoms with Crippen molar-refractivity contribution in [3.05, 3.63) is 60.2 Å². The van der Waals surface area contributed by atoms with Crippen molar-refractivity contribution in [1.29, 1.82) is 0 Å². The van der Waals surface area contributed by atoms with Gasteiger partial charge < -0.3 is 24.1 Å². The summed E-state index contributed by atoms with van der Waals surface area (Å²) >= 11 is 0. The van der Waals surface area contributed by atoms with E-state index in [0.717, 1.165) is 70.0 Å². The van der Waals surface area contributed by atoms with E-state index in [4.69, 9.17) is 14.7 Å². The van der Waals surface area contributed by atoms with E-state index >= 15 is 0 Å². The van der Waals surface area contributed by atoms with Gasteiger partial charge in [-0.05, 0) is 85.9 Å². The number of carbonyl (C=O) groups is 2. The Morgan fingerprint density at radius 3 is 2.47 bits per heavy atom. The standard InChI is InChI=1S/C36H38N6O3/c1-20-25-10-14-30(20)42(19-25)36(44)26-15-29-33(32(17-26)45-4)40(3)35(39-29)31-16-24-9-13-28(38-34(24)41(31)18-22-5-6-22)23-7-11-27(12-8-23)37-21(2)43/h7-9,11-13,15-17,20,22,25,30H,5-6,10,14,18-19H2,1-4H3,(H,37,43)/t20-,25?,30?/m1/s1. The van der Waals surface area contributed by atoms with Crippen molar-refractivity contribution in [3.8, 4) is 28.5 Å². The number of amides is 2. The van der Waals surface area contributed by atoms with Gasteiger partial charge in [0.05, 0.1) is 24.0 Å². The molecule has 8 rings (SSSR count). The van der Waals surface area contributed by atoms with E-state index in [-0.39, 0.29) is 11.8 Å². The molecule has 9 heteroatoms.